The molecule has 2 aliphatic rings. The molecule has 2 aromatic rings. The SMILES string of the molecule is CCOC(=O)N1CCN(C2c3nnnn3C(Cc3ccccc3)C(=O)N[C@H]2C(C)C)CC1. The van der Waals surface area contributed by atoms with Crippen molar-refractivity contribution >= 4 is 12.0 Å². The molecule has 0 radical (unpaired) electrons. The van der Waals surface area contributed by atoms with Crippen molar-refractivity contribution < 1.29 is 14.3 Å². The van der Waals surface area contributed by atoms with Crippen molar-refractivity contribution in [3.05, 3.63) is 41.7 Å². The Bertz CT molecular complexity index is 925. The van der Waals surface area contributed by atoms with Crippen LogP contribution in [0.1, 0.15) is 44.2 Å². The summed E-state index contributed by atoms with van der Waals surface area (Å²) in [6.07, 6.45) is 0.230. The molecule has 1 N–H and O–H groups in total. The third-order valence-electron chi connectivity index (χ3n) is 6.25. The van der Waals surface area contributed by atoms with Gasteiger partial charge < -0.3 is 15.0 Å². The minimum Gasteiger partial charge on any atom is -0.450 e. The minimum atomic E-state index is -0.519. The lowest BCUT2D eigenvalue weighted by Gasteiger charge is -2.41. The Morgan fingerprint density at radius 2 is 1.91 bits per heavy atom. The van der Waals surface area contributed by atoms with Crippen molar-refractivity contribution in [1.82, 2.24) is 35.3 Å². The van der Waals surface area contributed by atoms with Crippen molar-refractivity contribution in [3.8, 4) is 0 Å². The van der Waals surface area contributed by atoms with E-state index in [0.717, 1.165) is 5.56 Å². The van der Waals surface area contributed by atoms with E-state index in [9.17, 15) is 9.59 Å². The van der Waals surface area contributed by atoms with E-state index in [0.29, 0.717) is 45.0 Å². The molecular weight excluding hydrogens is 410 g/mol. The molecule has 0 bridgehead atoms. The second-order valence-electron chi connectivity index (χ2n) is 8.63. The van der Waals surface area contributed by atoms with Crippen LogP contribution < -0.4 is 5.32 Å². The standard InChI is InChI=1S/C22H31N7O3/c1-4-32-22(31)28-12-10-27(11-13-28)19-18(15(2)3)23-21(30)17(29-20(19)24-25-26-29)14-16-8-6-5-7-9-16/h5-9,15,17-19H,4,10-14H2,1-3H3,(H,23,30)/t17?,18-,19?/m0/s1. The number of aromatic nitrogens is 4. The fourth-order valence-corrected chi connectivity index (χ4v) is 4.56. The maximum Gasteiger partial charge on any atom is 0.409 e. The van der Waals surface area contributed by atoms with E-state index >= 15 is 0 Å². The first-order valence-electron chi connectivity index (χ1n) is 11.3. The molecule has 0 saturated carbocycles. The summed E-state index contributed by atoms with van der Waals surface area (Å²) < 4.78 is 6.83. The van der Waals surface area contributed by atoms with E-state index in [-0.39, 0.29) is 30.0 Å². The lowest BCUT2D eigenvalue weighted by Crippen LogP contribution is -2.55. The molecule has 2 aliphatic heterocycles. The number of carbonyl (C=O) groups excluding carboxylic acids is 2. The van der Waals surface area contributed by atoms with Crippen molar-refractivity contribution in [1.29, 1.82) is 0 Å². The van der Waals surface area contributed by atoms with Gasteiger partial charge in [0.05, 0.1) is 18.7 Å². The van der Waals surface area contributed by atoms with Gasteiger partial charge in [-0.25, -0.2) is 9.48 Å². The van der Waals surface area contributed by atoms with Gasteiger partial charge in [0.15, 0.2) is 5.82 Å². The zero-order valence-corrected chi connectivity index (χ0v) is 18.8. The second-order valence-corrected chi connectivity index (χ2v) is 8.63. The van der Waals surface area contributed by atoms with E-state index in [4.69, 9.17) is 4.74 Å². The van der Waals surface area contributed by atoms with Gasteiger partial charge in [0.25, 0.3) is 0 Å². The van der Waals surface area contributed by atoms with E-state index in [1.54, 1.807) is 16.5 Å². The number of amides is 2. The summed E-state index contributed by atoms with van der Waals surface area (Å²) >= 11 is 0. The number of benzene rings is 1. The van der Waals surface area contributed by atoms with E-state index in [2.05, 4.69) is 39.6 Å². The van der Waals surface area contributed by atoms with E-state index in [1.807, 2.05) is 30.3 Å². The number of nitrogens with one attached hydrogen (secondary N) is 1. The Balaban J connectivity index is 1.61. The Hall–Kier alpha value is -3.01. The number of carbonyl (C=O) groups is 2. The van der Waals surface area contributed by atoms with Gasteiger partial charge in [-0.15, -0.1) is 5.10 Å². The smallest absolute Gasteiger partial charge is 0.409 e. The Labute approximate surface area is 187 Å². The maximum absolute atomic E-state index is 13.3. The zero-order valence-electron chi connectivity index (χ0n) is 18.8. The molecular formula is C22H31N7O3. The predicted molar refractivity (Wildman–Crippen MR) is 117 cm³/mol. The molecule has 10 nitrogen and oxygen atoms in total. The van der Waals surface area contributed by atoms with Gasteiger partial charge in [0.1, 0.15) is 6.04 Å². The summed E-state index contributed by atoms with van der Waals surface area (Å²) in [7, 11) is 0. The predicted octanol–water partition coefficient (Wildman–Crippen LogP) is 1.43. The quantitative estimate of drug-likeness (QED) is 0.748. The molecule has 1 fully saturated rings. The van der Waals surface area contributed by atoms with Gasteiger partial charge in [-0.1, -0.05) is 44.2 Å². The lowest BCUT2D eigenvalue weighted by molar-refractivity contribution is -0.125. The monoisotopic (exact) mass is 441 g/mol. The highest BCUT2D eigenvalue weighted by molar-refractivity contribution is 5.81. The summed E-state index contributed by atoms with van der Waals surface area (Å²) in [6.45, 7) is 8.78. The third kappa shape index (κ3) is 4.45. The number of ether oxygens (including phenoxy) is 1. The fourth-order valence-electron chi connectivity index (χ4n) is 4.56. The van der Waals surface area contributed by atoms with Crippen LogP contribution in [-0.4, -0.2) is 80.8 Å². The summed E-state index contributed by atoms with van der Waals surface area (Å²) in [6, 6.07) is 9.05. The van der Waals surface area contributed by atoms with Gasteiger partial charge >= 0.3 is 6.09 Å². The van der Waals surface area contributed by atoms with Crippen LogP contribution in [0.3, 0.4) is 0 Å². The number of fused-ring (bicyclic) bond motifs is 1. The lowest BCUT2D eigenvalue weighted by atomic mass is 9.94. The largest absolute Gasteiger partial charge is 0.450 e. The van der Waals surface area contributed by atoms with Crippen LogP contribution in [0.5, 0.6) is 0 Å². The number of piperazine rings is 1. The van der Waals surface area contributed by atoms with Gasteiger partial charge in [0, 0.05) is 32.6 Å². The molecule has 0 aliphatic carbocycles. The Kier molecular flexibility index (Phi) is 6.69. The molecule has 1 aromatic heterocycles. The average molecular weight is 442 g/mol. The van der Waals surface area contributed by atoms with Crippen LogP contribution in [0.4, 0.5) is 4.79 Å². The first-order chi connectivity index (χ1) is 15.5. The summed E-state index contributed by atoms with van der Waals surface area (Å²) in [5, 5.41) is 15.8. The molecule has 3 heterocycles. The van der Waals surface area contributed by atoms with Gasteiger partial charge in [0.2, 0.25) is 5.91 Å². The van der Waals surface area contributed by atoms with Crippen molar-refractivity contribution in [2.24, 2.45) is 5.92 Å². The molecule has 3 atom stereocenters. The van der Waals surface area contributed by atoms with Crippen molar-refractivity contribution in [2.45, 2.75) is 45.3 Å². The van der Waals surface area contributed by atoms with E-state index < -0.39 is 6.04 Å². The topological polar surface area (TPSA) is 105 Å². The third-order valence-corrected chi connectivity index (χ3v) is 6.25. The zero-order chi connectivity index (χ0) is 22.7. The fraction of sp³-hybridized carbons (Fsp3) is 0.591. The molecule has 172 valence electrons. The number of nitrogens with zero attached hydrogens (tertiary/aromatic N) is 6. The van der Waals surface area contributed by atoms with Crippen LogP contribution in [-0.2, 0) is 16.0 Å². The first-order valence-corrected chi connectivity index (χ1v) is 11.3. The summed E-state index contributed by atoms with van der Waals surface area (Å²) in [5.41, 5.74) is 1.05. The minimum absolute atomic E-state index is 0.0752. The highest BCUT2D eigenvalue weighted by atomic mass is 16.6. The molecule has 4 rings (SSSR count). The maximum atomic E-state index is 13.3. The molecule has 2 unspecified atom stereocenters. The molecule has 0 spiro atoms. The van der Waals surface area contributed by atoms with Crippen LogP contribution >= 0.6 is 0 Å². The van der Waals surface area contributed by atoms with Crippen molar-refractivity contribution in [2.75, 3.05) is 32.8 Å². The molecule has 2 amide bonds. The summed E-state index contributed by atoms with van der Waals surface area (Å²) in [4.78, 5) is 29.4. The van der Waals surface area contributed by atoms with Crippen LogP contribution in [0, 0.1) is 5.92 Å². The Morgan fingerprint density at radius 3 is 2.56 bits per heavy atom. The number of hydrogen-bond donors (Lipinski definition) is 1. The number of rotatable bonds is 5. The number of hydrogen-bond acceptors (Lipinski definition) is 7. The molecule has 1 saturated heterocycles. The van der Waals surface area contributed by atoms with Gasteiger partial charge in [-0.3, -0.25) is 9.69 Å². The van der Waals surface area contributed by atoms with Gasteiger partial charge in [-0.05, 0) is 28.8 Å². The highest BCUT2D eigenvalue weighted by Gasteiger charge is 2.43. The first kappa shape index (κ1) is 22.2. The highest BCUT2D eigenvalue weighted by Crippen LogP contribution is 2.33. The van der Waals surface area contributed by atoms with Crippen molar-refractivity contribution in [3.63, 3.8) is 0 Å². The average Bonchev–Trinajstić information content (AvgIpc) is 3.23. The van der Waals surface area contributed by atoms with Crippen LogP contribution in [0.15, 0.2) is 30.3 Å². The number of tetrazole rings is 1. The summed E-state index contributed by atoms with van der Waals surface area (Å²) in [5.74, 6) is 0.786. The molecule has 1 aromatic carbocycles. The van der Waals surface area contributed by atoms with Crippen LogP contribution in [0.2, 0.25) is 0 Å². The molecule has 10 heteroatoms. The van der Waals surface area contributed by atoms with Crippen LogP contribution in [0.25, 0.3) is 0 Å². The van der Waals surface area contributed by atoms with Gasteiger partial charge in [-0.2, -0.15) is 0 Å². The second kappa shape index (κ2) is 9.64. The normalized spacial score (nSPS) is 24.1. The Morgan fingerprint density at radius 1 is 1.19 bits per heavy atom. The van der Waals surface area contributed by atoms with E-state index in [1.165, 1.54) is 0 Å². The molecule has 32 heavy (non-hydrogen) atoms.